The fourth-order valence-electron chi connectivity index (χ4n) is 1.64. The molecule has 1 aromatic heterocycles. The molecule has 0 unspecified atom stereocenters. The zero-order valence-electron chi connectivity index (χ0n) is 9.37. The van der Waals surface area contributed by atoms with Crippen molar-refractivity contribution in [2.75, 3.05) is 0 Å². The molecule has 0 aliphatic carbocycles. The maximum absolute atomic E-state index is 11.9. The Morgan fingerprint density at radius 1 is 1.11 bits per heavy atom. The number of esters is 1. The Morgan fingerprint density at radius 3 is 2.78 bits per heavy atom. The number of fused-ring (bicyclic) bond motifs is 1. The fraction of sp³-hybridized carbons (Fsp3) is 0. The predicted octanol–water partition coefficient (Wildman–Crippen LogP) is 3.52. The van der Waals surface area contributed by atoms with E-state index >= 15 is 0 Å². The van der Waals surface area contributed by atoms with Crippen LogP contribution in [0.5, 0.6) is 5.75 Å². The summed E-state index contributed by atoms with van der Waals surface area (Å²) in [5.74, 6) is 0.195. The molecule has 0 fully saturated rings. The van der Waals surface area contributed by atoms with Crippen LogP contribution in [-0.4, -0.2) is 11.0 Å². The number of carbonyl (C=O) groups excluding carboxylic acids is 1. The normalized spacial score (nSPS) is 10.4. The van der Waals surface area contributed by atoms with E-state index in [0.717, 1.165) is 10.2 Å². The molecule has 0 N–H and O–H groups in total. The molecule has 0 aliphatic heterocycles. The minimum Gasteiger partial charge on any atom is -0.423 e. The Balaban J connectivity index is 1.86. The largest absolute Gasteiger partial charge is 0.423 e. The Bertz CT molecular complexity index is 691. The third kappa shape index (κ3) is 2.10. The van der Waals surface area contributed by atoms with Gasteiger partial charge in [0.1, 0.15) is 5.75 Å². The number of aromatic nitrogens is 1. The van der Waals surface area contributed by atoms with Crippen molar-refractivity contribution in [2.24, 2.45) is 0 Å². The monoisotopic (exact) mass is 255 g/mol. The van der Waals surface area contributed by atoms with Gasteiger partial charge in [0.2, 0.25) is 0 Å². The maximum atomic E-state index is 11.9. The summed E-state index contributed by atoms with van der Waals surface area (Å²) >= 11 is 1.52. The Morgan fingerprint density at radius 2 is 1.94 bits per heavy atom. The second-order valence-corrected chi connectivity index (χ2v) is 4.62. The van der Waals surface area contributed by atoms with E-state index in [9.17, 15) is 4.79 Å². The van der Waals surface area contributed by atoms with E-state index in [1.807, 2.05) is 30.3 Å². The van der Waals surface area contributed by atoms with Crippen molar-refractivity contribution in [2.45, 2.75) is 0 Å². The lowest BCUT2D eigenvalue weighted by Gasteiger charge is -2.03. The van der Waals surface area contributed by atoms with Crippen LogP contribution in [0.15, 0.2) is 54.0 Å². The summed E-state index contributed by atoms with van der Waals surface area (Å²) in [5.41, 5.74) is 3.23. The standard InChI is InChI=1S/C14H9NO2S/c16-14(10-4-2-1-3-5-10)17-11-6-7-12-13(8-11)18-9-15-12/h1-9H. The second-order valence-electron chi connectivity index (χ2n) is 3.74. The number of carbonyl (C=O) groups is 1. The molecule has 88 valence electrons. The van der Waals surface area contributed by atoms with E-state index in [1.165, 1.54) is 11.3 Å². The van der Waals surface area contributed by atoms with E-state index in [2.05, 4.69) is 4.98 Å². The van der Waals surface area contributed by atoms with Gasteiger partial charge in [-0.1, -0.05) is 18.2 Å². The van der Waals surface area contributed by atoms with Gasteiger partial charge in [-0.25, -0.2) is 9.78 Å². The molecule has 18 heavy (non-hydrogen) atoms. The summed E-state index contributed by atoms with van der Waals surface area (Å²) in [5, 5.41) is 0. The quantitative estimate of drug-likeness (QED) is 0.519. The molecule has 1 heterocycles. The smallest absolute Gasteiger partial charge is 0.343 e. The molecule has 0 aliphatic rings. The highest BCUT2D eigenvalue weighted by Gasteiger charge is 2.08. The molecular formula is C14H9NO2S. The highest BCUT2D eigenvalue weighted by molar-refractivity contribution is 7.16. The van der Waals surface area contributed by atoms with Gasteiger partial charge in [0.15, 0.2) is 0 Å². The van der Waals surface area contributed by atoms with Crippen molar-refractivity contribution in [1.29, 1.82) is 0 Å². The van der Waals surface area contributed by atoms with Crippen molar-refractivity contribution >= 4 is 27.5 Å². The van der Waals surface area contributed by atoms with Crippen LogP contribution in [0.25, 0.3) is 10.2 Å². The van der Waals surface area contributed by atoms with Gasteiger partial charge >= 0.3 is 5.97 Å². The maximum Gasteiger partial charge on any atom is 0.343 e. The number of thiazole rings is 1. The van der Waals surface area contributed by atoms with Gasteiger partial charge in [0.25, 0.3) is 0 Å². The molecule has 3 aromatic rings. The molecule has 2 aromatic carbocycles. The number of nitrogens with zero attached hydrogens (tertiary/aromatic N) is 1. The summed E-state index contributed by atoms with van der Waals surface area (Å²) < 4.78 is 6.33. The van der Waals surface area contributed by atoms with Crippen LogP contribution in [0.3, 0.4) is 0 Å². The van der Waals surface area contributed by atoms with Crippen LogP contribution in [0.2, 0.25) is 0 Å². The van der Waals surface area contributed by atoms with Crippen molar-refractivity contribution in [1.82, 2.24) is 4.98 Å². The minimum atomic E-state index is -0.348. The van der Waals surface area contributed by atoms with Gasteiger partial charge in [-0.15, -0.1) is 11.3 Å². The van der Waals surface area contributed by atoms with Crippen LogP contribution in [0.1, 0.15) is 10.4 Å². The van der Waals surface area contributed by atoms with Gasteiger partial charge < -0.3 is 4.74 Å². The second kappa shape index (κ2) is 4.58. The third-order valence-corrected chi connectivity index (χ3v) is 3.31. The highest BCUT2D eigenvalue weighted by Crippen LogP contribution is 2.23. The SMILES string of the molecule is O=C(Oc1ccc2ncsc2c1)c1ccccc1. The molecule has 3 rings (SSSR count). The van der Waals surface area contributed by atoms with Crippen molar-refractivity contribution in [3.8, 4) is 5.75 Å². The summed E-state index contributed by atoms with van der Waals surface area (Å²) in [4.78, 5) is 16.0. The summed E-state index contributed by atoms with van der Waals surface area (Å²) in [6.07, 6.45) is 0. The van der Waals surface area contributed by atoms with Gasteiger partial charge in [0.05, 0.1) is 21.3 Å². The zero-order valence-corrected chi connectivity index (χ0v) is 10.2. The van der Waals surface area contributed by atoms with Crippen LogP contribution < -0.4 is 4.74 Å². The van der Waals surface area contributed by atoms with E-state index in [-0.39, 0.29) is 5.97 Å². The Hall–Kier alpha value is -2.20. The number of rotatable bonds is 2. The minimum absolute atomic E-state index is 0.348. The lowest BCUT2D eigenvalue weighted by Crippen LogP contribution is -2.07. The highest BCUT2D eigenvalue weighted by atomic mass is 32.1. The van der Waals surface area contributed by atoms with Crippen molar-refractivity contribution in [3.05, 3.63) is 59.6 Å². The third-order valence-electron chi connectivity index (χ3n) is 2.52. The van der Waals surface area contributed by atoms with Crippen molar-refractivity contribution < 1.29 is 9.53 Å². The predicted molar refractivity (Wildman–Crippen MR) is 71.0 cm³/mol. The van der Waals surface area contributed by atoms with Crippen LogP contribution in [0, 0.1) is 0 Å². The average Bonchev–Trinajstić information content (AvgIpc) is 2.87. The molecule has 0 amide bonds. The first-order valence-electron chi connectivity index (χ1n) is 5.43. The number of ether oxygens (including phenoxy) is 1. The van der Waals surface area contributed by atoms with E-state index in [0.29, 0.717) is 11.3 Å². The summed E-state index contributed by atoms with van der Waals surface area (Å²) in [7, 11) is 0. The number of benzene rings is 2. The fourth-order valence-corrected chi connectivity index (χ4v) is 2.34. The molecule has 0 saturated carbocycles. The van der Waals surface area contributed by atoms with E-state index in [4.69, 9.17) is 4.74 Å². The van der Waals surface area contributed by atoms with E-state index < -0.39 is 0 Å². The zero-order chi connectivity index (χ0) is 12.4. The number of hydrogen-bond donors (Lipinski definition) is 0. The van der Waals surface area contributed by atoms with Crippen LogP contribution in [-0.2, 0) is 0 Å². The lowest BCUT2D eigenvalue weighted by atomic mass is 10.2. The van der Waals surface area contributed by atoms with Crippen LogP contribution >= 0.6 is 11.3 Å². The molecule has 0 radical (unpaired) electrons. The Kier molecular flexibility index (Phi) is 2.78. The molecule has 0 spiro atoms. The molecular weight excluding hydrogens is 246 g/mol. The Labute approximate surface area is 108 Å². The summed E-state index contributed by atoms with van der Waals surface area (Å²) in [6, 6.07) is 14.4. The molecule has 3 nitrogen and oxygen atoms in total. The molecule has 0 bridgehead atoms. The first-order valence-corrected chi connectivity index (χ1v) is 6.31. The van der Waals surface area contributed by atoms with Gasteiger partial charge in [-0.05, 0) is 24.3 Å². The first-order chi connectivity index (χ1) is 8.83. The van der Waals surface area contributed by atoms with E-state index in [1.54, 1.807) is 23.7 Å². The number of hydrogen-bond acceptors (Lipinski definition) is 4. The molecule has 4 heteroatoms. The van der Waals surface area contributed by atoms with Gasteiger partial charge in [0, 0.05) is 6.07 Å². The van der Waals surface area contributed by atoms with Gasteiger partial charge in [-0.2, -0.15) is 0 Å². The first kappa shape index (κ1) is 10.9. The van der Waals surface area contributed by atoms with Crippen LogP contribution in [0.4, 0.5) is 0 Å². The van der Waals surface area contributed by atoms with Gasteiger partial charge in [-0.3, -0.25) is 0 Å². The lowest BCUT2D eigenvalue weighted by molar-refractivity contribution is 0.0735. The molecule has 0 atom stereocenters. The summed E-state index contributed by atoms with van der Waals surface area (Å²) in [6.45, 7) is 0. The topological polar surface area (TPSA) is 39.2 Å². The molecule has 0 saturated heterocycles. The van der Waals surface area contributed by atoms with Crippen molar-refractivity contribution in [3.63, 3.8) is 0 Å². The average molecular weight is 255 g/mol.